The van der Waals surface area contributed by atoms with Crippen LogP contribution in [0.1, 0.15) is 29.9 Å². The zero-order chi connectivity index (χ0) is 21.7. The largest absolute Gasteiger partial charge is 0.360 e. The quantitative estimate of drug-likeness (QED) is 0.187. The van der Waals surface area contributed by atoms with Crippen LogP contribution in [0.3, 0.4) is 0 Å². The molecule has 0 atom stereocenters. The molecule has 0 aromatic heterocycles. The maximum absolute atomic E-state index is 11.9. The Hall–Kier alpha value is -1.66. The number of nitrogens with zero attached hydrogens (tertiary/aromatic N) is 2. The molecule has 2 aromatic carbocycles. The van der Waals surface area contributed by atoms with Gasteiger partial charge in [-0.1, -0.05) is 94.6 Å². The van der Waals surface area contributed by atoms with Gasteiger partial charge in [0.25, 0.3) is 0 Å². The Balaban J connectivity index is 1.93. The van der Waals surface area contributed by atoms with Gasteiger partial charge in [-0.3, -0.25) is 10.1 Å². The van der Waals surface area contributed by atoms with Crippen LogP contribution in [0.25, 0.3) is 0 Å². The fourth-order valence-electron chi connectivity index (χ4n) is 3.46. The Morgan fingerprint density at radius 1 is 1.03 bits per heavy atom. The van der Waals surface area contributed by atoms with Crippen molar-refractivity contribution in [2.45, 2.75) is 30.6 Å². The molecule has 0 N–H and O–H groups in total. The van der Waals surface area contributed by atoms with Gasteiger partial charge in [0, 0.05) is 18.0 Å². The van der Waals surface area contributed by atoms with Crippen molar-refractivity contribution in [3.05, 3.63) is 96.1 Å². The van der Waals surface area contributed by atoms with E-state index in [1.54, 1.807) is 0 Å². The summed E-state index contributed by atoms with van der Waals surface area (Å²) >= 11 is 19.1. The van der Waals surface area contributed by atoms with Gasteiger partial charge in [-0.25, -0.2) is 0 Å². The van der Waals surface area contributed by atoms with Gasteiger partial charge in [-0.15, -0.1) is 0 Å². The van der Waals surface area contributed by atoms with E-state index in [9.17, 15) is 10.1 Å². The van der Waals surface area contributed by atoms with Crippen molar-refractivity contribution >= 4 is 46.6 Å². The number of allylic oxidation sites excluding steroid dienone is 1. The van der Waals surface area contributed by atoms with Crippen LogP contribution in [0, 0.1) is 17.0 Å². The second-order valence-electron chi connectivity index (χ2n) is 7.07. The Bertz CT molecular complexity index is 950. The van der Waals surface area contributed by atoms with E-state index in [0.717, 1.165) is 23.3 Å². The number of hydrogen-bond acceptors (Lipinski definition) is 4. The smallest absolute Gasteiger partial charge is 0.320 e. The third-order valence-corrected chi connectivity index (χ3v) is 7.14. The number of halogens is 3. The first-order valence-corrected chi connectivity index (χ1v) is 11.5. The molecule has 0 bridgehead atoms. The summed E-state index contributed by atoms with van der Waals surface area (Å²) in [4.78, 5) is 14.3. The third-order valence-electron chi connectivity index (χ3n) is 5.05. The van der Waals surface area contributed by atoms with Gasteiger partial charge < -0.3 is 4.90 Å². The van der Waals surface area contributed by atoms with Crippen LogP contribution in [0.2, 0.25) is 0 Å². The van der Waals surface area contributed by atoms with E-state index in [1.165, 1.54) is 17.3 Å². The number of hydrogen-bond donors (Lipinski definition) is 0. The summed E-state index contributed by atoms with van der Waals surface area (Å²) in [5.74, 6) is 0.426. The zero-order valence-electron chi connectivity index (χ0n) is 16.4. The molecule has 1 saturated heterocycles. The second kappa shape index (κ2) is 10.6. The highest BCUT2D eigenvalue weighted by molar-refractivity contribution is 8.03. The van der Waals surface area contributed by atoms with Crippen LogP contribution in [-0.2, 0) is 0 Å². The topological polar surface area (TPSA) is 46.4 Å². The molecular weight excluding hydrogens is 463 g/mol. The minimum Gasteiger partial charge on any atom is -0.360 e. The molecule has 3 rings (SSSR count). The SMILES string of the molecule is Cc1ccc(S/C(=C(/C(Cl)=C(Cl)Cl)[N+](=O)[O-])N2CCC(c3ccccc3)CC2)cc1. The fourth-order valence-corrected chi connectivity index (χ4v) is 4.94. The minimum absolute atomic E-state index is 0.247. The van der Waals surface area contributed by atoms with Crippen LogP contribution in [0.5, 0.6) is 0 Å². The highest BCUT2D eigenvalue weighted by Crippen LogP contribution is 2.40. The van der Waals surface area contributed by atoms with Crippen molar-refractivity contribution < 1.29 is 4.92 Å². The Labute approximate surface area is 195 Å². The minimum atomic E-state index is -0.507. The van der Waals surface area contributed by atoms with Crippen LogP contribution < -0.4 is 0 Å². The van der Waals surface area contributed by atoms with Gasteiger partial charge in [0.1, 0.15) is 4.49 Å². The van der Waals surface area contributed by atoms with Gasteiger partial charge >= 0.3 is 5.70 Å². The van der Waals surface area contributed by atoms with E-state index in [2.05, 4.69) is 12.1 Å². The molecule has 1 aliphatic rings. The van der Waals surface area contributed by atoms with Crippen LogP contribution in [0.15, 0.2) is 79.7 Å². The maximum Gasteiger partial charge on any atom is 0.320 e. The van der Waals surface area contributed by atoms with Gasteiger partial charge in [0.2, 0.25) is 0 Å². The van der Waals surface area contributed by atoms with E-state index in [4.69, 9.17) is 34.8 Å². The lowest BCUT2D eigenvalue weighted by molar-refractivity contribution is -0.421. The molecule has 30 heavy (non-hydrogen) atoms. The van der Waals surface area contributed by atoms with Gasteiger partial charge in [0.05, 0.1) is 4.92 Å². The van der Waals surface area contributed by atoms with E-state index >= 15 is 0 Å². The molecule has 0 unspecified atom stereocenters. The van der Waals surface area contributed by atoms with Crippen LogP contribution in [0.4, 0.5) is 0 Å². The van der Waals surface area contributed by atoms with Crippen LogP contribution in [-0.4, -0.2) is 22.9 Å². The fraction of sp³-hybridized carbons (Fsp3) is 0.273. The summed E-state index contributed by atoms with van der Waals surface area (Å²) < 4.78 is -0.315. The first-order chi connectivity index (χ1) is 14.4. The Morgan fingerprint density at radius 3 is 2.17 bits per heavy atom. The average Bonchev–Trinajstić information content (AvgIpc) is 2.75. The lowest BCUT2D eigenvalue weighted by atomic mass is 9.89. The maximum atomic E-state index is 11.9. The standard InChI is InChI=1S/C22H21Cl3N2O2S/c1-15-7-9-18(10-8-15)30-22(20(27(28)29)19(23)21(24)25)26-13-11-17(12-14-26)16-5-3-2-4-6-16/h2-10,17H,11-14H2,1H3/b22-20-. The molecule has 0 radical (unpaired) electrons. The van der Waals surface area contributed by atoms with Crippen molar-refractivity contribution in [2.24, 2.45) is 0 Å². The van der Waals surface area contributed by atoms with Crippen molar-refractivity contribution in [3.8, 4) is 0 Å². The first-order valence-electron chi connectivity index (χ1n) is 9.51. The van der Waals surface area contributed by atoms with E-state index in [-0.39, 0.29) is 15.2 Å². The van der Waals surface area contributed by atoms with Crippen molar-refractivity contribution in [1.29, 1.82) is 0 Å². The first kappa shape index (κ1) is 23.0. The average molecular weight is 484 g/mol. The van der Waals surface area contributed by atoms with E-state index in [0.29, 0.717) is 24.0 Å². The molecule has 2 aromatic rings. The molecule has 0 aliphatic carbocycles. The summed E-state index contributed by atoms with van der Waals surface area (Å²) in [6, 6.07) is 18.2. The predicted molar refractivity (Wildman–Crippen MR) is 126 cm³/mol. The molecule has 158 valence electrons. The Kier molecular flexibility index (Phi) is 8.12. The predicted octanol–water partition coefficient (Wildman–Crippen LogP) is 7.30. The molecule has 1 fully saturated rings. The highest BCUT2D eigenvalue weighted by Gasteiger charge is 2.32. The number of rotatable bonds is 6. The van der Waals surface area contributed by atoms with Gasteiger partial charge in [-0.05, 0) is 43.4 Å². The van der Waals surface area contributed by atoms with Crippen molar-refractivity contribution in [2.75, 3.05) is 13.1 Å². The summed E-state index contributed by atoms with van der Waals surface area (Å²) in [6.45, 7) is 3.35. The summed E-state index contributed by atoms with van der Waals surface area (Å²) in [6.07, 6.45) is 1.78. The number of aryl methyl sites for hydroxylation is 1. The molecule has 4 nitrogen and oxygen atoms in total. The number of benzene rings is 2. The normalized spacial score (nSPS) is 15.5. The molecule has 0 saturated carbocycles. The second-order valence-corrected chi connectivity index (χ2v) is 9.46. The third kappa shape index (κ3) is 5.73. The summed E-state index contributed by atoms with van der Waals surface area (Å²) in [5, 5.41) is 12.1. The van der Waals surface area contributed by atoms with Gasteiger partial charge in [0.15, 0.2) is 10.1 Å². The number of piperidine rings is 1. The number of thioether (sulfide) groups is 1. The van der Waals surface area contributed by atoms with Crippen LogP contribution >= 0.6 is 46.6 Å². The molecule has 1 heterocycles. The number of likely N-dealkylation sites (tertiary alicyclic amines) is 1. The van der Waals surface area contributed by atoms with Gasteiger partial charge in [-0.2, -0.15) is 0 Å². The molecule has 1 aliphatic heterocycles. The molecule has 0 spiro atoms. The van der Waals surface area contributed by atoms with Crippen molar-refractivity contribution in [3.63, 3.8) is 0 Å². The highest BCUT2D eigenvalue weighted by atomic mass is 35.5. The van der Waals surface area contributed by atoms with E-state index < -0.39 is 4.92 Å². The summed E-state index contributed by atoms with van der Waals surface area (Å²) in [5.41, 5.74) is 2.15. The summed E-state index contributed by atoms with van der Waals surface area (Å²) in [7, 11) is 0. The zero-order valence-corrected chi connectivity index (χ0v) is 19.4. The lowest BCUT2D eigenvalue weighted by Gasteiger charge is -2.34. The molecule has 8 heteroatoms. The lowest BCUT2D eigenvalue weighted by Crippen LogP contribution is -2.33. The Morgan fingerprint density at radius 2 is 1.63 bits per heavy atom. The molecular formula is C22H21Cl3N2O2S. The number of nitro groups is 1. The monoisotopic (exact) mass is 482 g/mol. The van der Waals surface area contributed by atoms with Crippen molar-refractivity contribution in [1.82, 2.24) is 4.90 Å². The molecule has 0 amide bonds. The van der Waals surface area contributed by atoms with E-state index in [1.807, 2.05) is 54.3 Å².